The van der Waals surface area contributed by atoms with Gasteiger partial charge in [-0.3, -0.25) is 19.4 Å². The summed E-state index contributed by atoms with van der Waals surface area (Å²) in [6.45, 7) is 17.2. The second-order valence-electron chi connectivity index (χ2n) is 10.5. The second kappa shape index (κ2) is 9.88. The summed E-state index contributed by atoms with van der Waals surface area (Å²) in [5.41, 5.74) is 1.75. The lowest BCUT2D eigenvalue weighted by Gasteiger charge is -2.38. The number of nitrogens with zero attached hydrogens (tertiary/aromatic N) is 2. The van der Waals surface area contributed by atoms with E-state index < -0.39 is 14.4 Å². The largest absolute Gasteiger partial charge is 0.445 e. The smallest absolute Gasteiger partial charge is 0.410 e. The summed E-state index contributed by atoms with van der Waals surface area (Å²) in [6.07, 6.45) is 3.51. The molecule has 1 aromatic carbocycles. The third kappa shape index (κ3) is 5.18. The van der Waals surface area contributed by atoms with E-state index in [-0.39, 0.29) is 42.2 Å². The summed E-state index contributed by atoms with van der Waals surface area (Å²) in [7, 11) is -2.03. The molecule has 2 atom stereocenters. The molecule has 34 heavy (non-hydrogen) atoms. The highest BCUT2D eigenvalue weighted by atomic mass is 28.4. The van der Waals surface area contributed by atoms with Crippen LogP contribution in [0, 0.1) is 0 Å². The third-order valence-electron chi connectivity index (χ3n) is 7.09. The number of benzene rings is 1. The number of likely N-dealkylation sites (tertiary alicyclic amines) is 1. The molecule has 1 saturated heterocycles. The number of hydrogen-bond donors (Lipinski definition) is 0. The first-order chi connectivity index (χ1) is 15.9. The molecule has 8 heteroatoms. The molecule has 3 rings (SSSR count). The van der Waals surface area contributed by atoms with Crippen LogP contribution in [0.15, 0.2) is 48.6 Å². The molecule has 0 N–H and O–H groups in total. The number of ether oxygens (including phenoxy) is 1. The monoisotopic (exact) mass is 484 g/mol. The Bertz CT molecular complexity index is 976. The van der Waals surface area contributed by atoms with Gasteiger partial charge in [0.15, 0.2) is 8.32 Å². The number of fused-ring (bicyclic) bond motifs is 1. The first-order valence-electron chi connectivity index (χ1n) is 11.7. The first-order valence-corrected chi connectivity index (χ1v) is 14.6. The molecular formula is C26H36N2O5Si. The Labute approximate surface area is 203 Å². The van der Waals surface area contributed by atoms with Gasteiger partial charge in [-0.05, 0) is 43.6 Å². The van der Waals surface area contributed by atoms with Gasteiger partial charge < -0.3 is 9.16 Å². The van der Waals surface area contributed by atoms with Gasteiger partial charge in [-0.2, -0.15) is 0 Å². The maximum atomic E-state index is 12.8. The van der Waals surface area contributed by atoms with Crippen molar-refractivity contribution in [3.8, 4) is 0 Å². The number of imide groups is 1. The summed E-state index contributed by atoms with van der Waals surface area (Å²) in [5.74, 6) is -0.588. The van der Waals surface area contributed by atoms with Crippen molar-refractivity contribution in [2.24, 2.45) is 0 Å². The Morgan fingerprint density at radius 3 is 2.29 bits per heavy atom. The summed E-state index contributed by atoms with van der Waals surface area (Å²) < 4.78 is 11.9. The topological polar surface area (TPSA) is 76.2 Å². The number of hydrogen-bond acceptors (Lipinski definition) is 5. The van der Waals surface area contributed by atoms with Crippen molar-refractivity contribution in [2.45, 2.75) is 64.4 Å². The Kier molecular flexibility index (Phi) is 7.52. The van der Waals surface area contributed by atoms with Crippen LogP contribution in [0.25, 0.3) is 0 Å². The van der Waals surface area contributed by atoms with E-state index in [0.29, 0.717) is 24.1 Å². The van der Waals surface area contributed by atoms with Crippen LogP contribution in [0.3, 0.4) is 0 Å². The van der Waals surface area contributed by atoms with E-state index >= 15 is 0 Å². The Morgan fingerprint density at radius 1 is 1.18 bits per heavy atom. The number of rotatable bonds is 7. The maximum Gasteiger partial charge on any atom is 0.410 e. The van der Waals surface area contributed by atoms with Crippen molar-refractivity contribution < 1.29 is 23.5 Å². The minimum absolute atomic E-state index is 0.0512. The molecule has 0 unspecified atom stereocenters. The lowest BCUT2D eigenvalue weighted by atomic mass is 10.1. The standard InChI is InChI=1S/C26H36N2O5Si/c1-8-15-32-25(31)28-17-19(33-34(6,7)26(3,4)5)16-22(28)18(2)13-14-27-23(29)20-11-9-10-12-21(20)24(27)30/h8-13,19,22H,1,14-17H2,2-7H3/b18-13+/t19-,22+/m1/s1. The molecule has 1 fully saturated rings. The van der Waals surface area contributed by atoms with Crippen molar-refractivity contribution in [2.75, 3.05) is 19.7 Å². The summed E-state index contributed by atoms with van der Waals surface area (Å²) in [6, 6.07) is 6.61. The minimum Gasteiger partial charge on any atom is -0.445 e. The molecule has 0 bridgehead atoms. The second-order valence-corrected chi connectivity index (χ2v) is 15.2. The van der Waals surface area contributed by atoms with Crippen LogP contribution < -0.4 is 0 Å². The van der Waals surface area contributed by atoms with Crippen molar-refractivity contribution in [1.82, 2.24) is 9.80 Å². The molecule has 7 nitrogen and oxygen atoms in total. The zero-order chi connectivity index (χ0) is 25.3. The van der Waals surface area contributed by atoms with E-state index in [9.17, 15) is 14.4 Å². The maximum absolute atomic E-state index is 12.8. The van der Waals surface area contributed by atoms with Gasteiger partial charge in [0.1, 0.15) is 6.61 Å². The van der Waals surface area contributed by atoms with Crippen LogP contribution in [0.2, 0.25) is 18.1 Å². The van der Waals surface area contributed by atoms with Gasteiger partial charge in [-0.25, -0.2) is 4.79 Å². The number of amides is 3. The highest BCUT2D eigenvalue weighted by molar-refractivity contribution is 6.74. The van der Waals surface area contributed by atoms with Gasteiger partial charge in [-0.1, -0.05) is 57.2 Å². The number of carbonyl (C=O) groups is 3. The Balaban J connectivity index is 1.77. The van der Waals surface area contributed by atoms with Crippen molar-refractivity contribution in [3.05, 3.63) is 59.7 Å². The molecule has 0 saturated carbocycles. The van der Waals surface area contributed by atoms with Crippen LogP contribution in [0.1, 0.15) is 54.8 Å². The van der Waals surface area contributed by atoms with E-state index in [1.54, 1.807) is 29.2 Å². The highest BCUT2D eigenvalue weighted by Crippen LogP contribution is 2.39. The SMILES string of the molecule is C=CCOC(=O)N1C[C@H](O[Si](C)(C)C(C)(C)C)C[C@H]1/C(C)=C/CN1C(=O)c2ccccc2C1=O. The van der Waals surface area contributed by atoms with Crippen LogP contribution in [-0.4, -0.2) is 67.9 Å². The zero-order valence-corrected chi connectivity index (χ0v) is 22.1. The minimum atomic E-state index is -2.03. The summed E-state index contributed by atoms with van der Waals surface area (Å²) in [4.78, 5) is 41.1. The van der Waals surface area contributed by atoms with E-state index in [1.807, 2.05) is 13.0 Å². The van der Waals surface area contributed by atoms with Gasteiger partial charge in [0.25, 0.3) is 11.8 Å². The molecule has 0 aromatic heterocycles. The van der Waals surface area contributed by atoms with E-state index in [1.165, 1.54) is 11.0 Å². The molecule has 1 aromatic rings. The van der Waals surface area contributed by atoms with Gasteiger partial charge in [0.05, 0.1) is 23.3 Å². The molecule has 184 valence electrons. The molecule has 2 aliphatic rings. The lowest BCUT2D eigenvalue weighted by molar-refractivity contribution is 0.0670. The average molecular weight is 485 g/mol. The Hall–Kier alpha value is -2.71. The summed E-state index contributed by atoms with van der Waals surface area (Å²) in [5, 5.41) is 0.0512. The van der Waals surface area contributed by atoms with E-state index in [2.05, 4.69) is 40.4 Å². The van der Waals surface area contributed by atoms with Gasteiger partial charge in [0, 0.05) is 13.1 Å². The highest BCUT2D eigenvalue weighted by Gasteiger charge is 2.44. The molecule has 2 heterocycles. The molecule has 0 radical (unpaired) electrons. The third-order valence-corrected chi connectivity index (χ3v) is 11.6. The fourth-order valence-electron chi connectivity index (χ4n) is 4.10. The predicted octanol–water partition coefficient (Wildman–Crippen LogP) is 5.02. The van der Waals surface area contributed by atoms with Crippen LogP contribution >= 0.6 is 0 Å². The van der Waals surface area contributed by atoms with Gasteiger partial charge >= 0.3 is 6.09 Å². The van der Waals surface area contributed by atoms with Crippen molar-refractivity contribution in [3.63, 3.8) is 0 Å². The average Bonchev–Trinajstić information content (AvgIpc) is 3.29. The van der Waals surface area contributed by atoms with Gasteiger partial charge in [-0.15, -0.1) is 0 Å². The molecular weight excluding hydrogens is 448 g/mol. The van der Waals surface area contributed by atoms with Gasteiger partial charge in [0.2, 0.25) is 0 Å². The molecule has 0 spiro atoms. The van der Waals surface area contributed by atoms with Crippen LogP contribution in [0.5, 0.6) is 0 Å². The Morgan fingerprint density at radius 2 is 1.76 bits per heavy atom. The van der Waals surface area contributed by atoms with Crippen LogP contribution in [-0.2, 0) is 9.16 Å². The first kappa shape index (κ1) is 25.9. The zero-order valence-electron chi connectivity index (χ0n) is 21.1. The normalized spacial score (nSPS) is 21.2. The lowest BCUT2D eigenvalue weighted by Crippen LogP contribution is -2.44. The predicted molar refractivity (Wildman–Crippen MR) is 134 cm³/mol. The fraction of sp³-hybridized carbons (Fsp3) is 0.500. The van der Waals surface area contributed by atoms with E-state index in [4.69, 9.17) is 9.16 Å². The molecule has 3 amide bonds. The summed E-state index contributed by atoms with van der Waals surface area (Å²) >= 11 is 0. The molecule has 2 aliphatic heterocycles. The fourth-order valence-corrected chi connectivity index (χ4v) is 5.46. The van der Waals surface area contributed by atoms with Crippen molar-refractivity contribution in [1.29, 1.82) is 0 Å². The van der Waals surface area contributed by atoms with Crippen molar-refractivity contribution >= 4 is 26.2 Å². The molecule has 0 aliphatic carbocycles. The van der Waals surface area contributed by atoms with Crippen LogP contribution in [0.4, 0.5) is 4.79 Å². The number of carbonyl (C=O) groups excluding carboxylic acids is 3. The van der Waals surface area contributed by atoms with E-state index in [0.717, 1.165) is 5.57 Å². The quantitative estimate of drug-likeness (QED) is 0.309.